The third-order valence-corrected chi connectivity index (χ3v) is 7.08. The molecule has 0 aliphatic carbocycles. The molecule has 4 rings (SSSR count). The van der Waals surface area contributed by atoms with E-state index in [4.69, 9.17) is 14.8 Å². The van der Waals surface area contributed by atoms with E-state index in [-0.39, 0.29) is 5.91 Å². The molecule has 0 spiro atoms. The van der Waals surface area contributed by atoms with E-state index in [1.165, 1.54) is 0 Å². The van der Waals surface area contributed by atoms with Crippen LogP contribution < -0.4 is 15.4 Å². The Morgan fingerprint density at radius 1 is 1.06 bits per heavy atom. The van der Waals surface area contributed by atoms with Gasteiger partial charge in [-0.3, -0.25) is 4.79 Å². The predicted molar refractivity (Wildman–Crippen MR) is 147 cm³/mol. The summed E-state index contributed by atoms with van der Waals surface area (Å²) in [6.45, 7) is 8.96. The molecule has 7 nitrogen and oxygen atoms in total. The molecule has 0 bridgehead atoms. The Bertz CT molecular complexity index is 1200. The van der Waals surface area contributed by atoms with Gasteiger partial charge >= 0.3 is 0 Å². The zero-order valence-corrected chi connectivity index (χ0v) is 22.3. The van der Waals surface area contributed by atoms with Crippen LogP contribution in [0.25, 0.3) is 0 Å². The number of unbranched alkanes of at least 4 members (excludes halogenated alkanes) is 2. The fourth-order valence-electron chi connectivity index (χ4n) is 4.11. The number of rotatable bonds is 11. The number of aryl methyl sites for hydroxylation is 1. The van der Waals surface area contributed by atoms with Gasteiger partial charge in [-0.1, -0.05) is 68.3 Å². The highest BCUT2D eigenvalue weighted by Crippen LogP contribution is 2.37. The first kappa shape index (κ1) is 25.8. The number of carbonyl (C=O) groups excluding carboxylic acids is 1. The highest BCUT2D eigenvalue weighted by Gasteiger charge is 2.34. The van der Waals surface area contributed by atoms with Crippen LogP contribution in [0.2, 0.25) is 0 Å². The molecule has 2 heterocycles. The van der Waals surface area contributed by atoms with Crippen molar-refractivity contribution >= 4 is 29.3 Å². The van der Waals surface area contributed by atoms with Gasteiger partial charge in [0.15, 0.2) is 0 Å². The van der Waals surface area contributed by atoms with Crippen LogP contribution in [0.3, 0.4) is 0 Å². The summed E-state index contributed by atoms with van der Waals surface area (Å²) in [5, 5.41) is 11.9. The minimum Gasteiger partial charge on any atom is -0.494 e. The molecule has 1 aromatic heterocycles. The molecule has 8 heteroatoms. The smallest absolute Gasteiger partial charge is 0.255 e. The van der Waals surface area contributed by atoms with Crippen molar-refractivity contribution in [3.05, 3.63) is 70.9 Å². The van der Waals surface area contributed by atoms with Crippen molar-refractivity contribution in [1.29, 1.82) is 0 Å². The van der Waals surface area contributed by atoms with Crippen LogP contribution in [0.1, 0.15) is 63.6 Å². The number of hydrogen-bond donors (Lipinski definition) is 2. The number of ether oxygens (including phenoxy) is 1. The standard InChI is InChI=1S/C28H35N5O2S/c1-5-7-8-17-35-23-15-11-21(12-16-23)25-24(26(34)30-22-13-9-19(3)10-14-22)20(4)29-27-31-28(32-33(25)27)36-18-6-2/h9-16,25H,5-8,17-18H2,1-4H3,(H,30,34)(H,29,31,32). The van der Waals surface area contributed by atoms with E-state index < -0.39 is 6.04 Å². The number of hydrogen-bond acceptors (Lipinski definition) is 6. The van der Waals surface area contributed by atoms with Gasteiger partial charge in [0, 0.05) is 17.1 Å². The van der Waals surface area contributed by atoms with Crippen molar-refractivity contribution in [2.45, 2.75) is 64.6 Å². The summed E-state index contributed by atoms with van der Waals surface area (Å²) in [5.74, 6) is 2.24. The topological polar surface area (TPSA) is 81.1 Å². The summed E-state index contributed by atoms with van der Waals surface area (Å²) >= 11 is 1.62. The van der Waals surface area contributed by atoms with E-state index in [0.29, 0.717) is 23.3 Å². The summed E-state index contributed by atoms with van der Waals surface area (Å²) in [6, 6.07) is 15.4. The SMILES string of the molecule is CCCCCOc1ccc(C2C(C(=O)Nc3ccc(C)cc3)=C(C)Nc3nc(SCCC)nn32)cc1. The molecule has 1 aliphatic heterocycles. The first-order valence-corrected chi connectivity index (χ1v) is 13.7. The van der Waals surface area contributed by atoms with Crippen molar-refractivity contribution in [2.24, 2.45) is 0 Å². The largest absolute Gasteiger partial charge is 0.494 e. The van der Waals surface area contributed by atoms with Crippen LogP contribution in [0.4, 0.5) is 11.6 Å². The average Bonchev–Trinajstić information content (AvgIpc) is 3.28. The molecule has 3 aromatic rings. The van der Waals surface area contributed by atoms with Gasteiger partial charge in [-0.15, -0.1) is 5.10 Å². The zero-order chi connectivity index (χ0) is 25.5. The third-order valence-electron chi connectivity index (χ3n) is 6.03. The Kier molecular flexibility index (Phi) is 8.70. The van der Waals surface area contributed by atoms with Crippen LogP contribution in [-0.2, 0) is 4.79 Å². The van der Waals surface area contributed by atoms with Crippen LogP contribution in [0.15, 0.2) is 65.0 Å². The van der Waals surface area contributed by atoms with E-state index in [9.17, 15) is 4.79 Å². The van der Waals surface area contributed by atoms with Crippen molar-refractivity contribution in [3.63, 3.8) is 0 Å². The first-order chi connectivity index (χ1) is 17.5. The summed E-state index contributed by atoms with van der Waals surface area (Å²) < 4.78 is 7.74. The first-order valence-electron chi connectivity index (χ1n) is 12.7. The Hall–Kier alpha value is -3.26. The molecule has 1 aliphatic rings. The summed E-state index contributed by atoms with van der Waals surface area (Å²) in [4.78, 5) is 18.3. The number of amides is 1. The Morgan fingerprint density at radius 2 is 1.81 bits per heavy atom. The number of allylic oxidation sites excluding steroid dienone is 1. The normalized spacial score (nSPS) is 14.8. The number of benzene rings is 2. The van der Waals surface area contributed by atoms with Gasteiger partial charge in [-0.25, -0.2) is 4.68 Å². The Labute approximate surface area is 217 Å². The lowest BCUT2D eigenvalue weighted by atomic mass is 9.95. The second-order valence-electron chi connectivity index (χ2n) is 9.02. The fourth-order valence-corrected chi connectivity index (χ4v) is 4.80. The molecule has 0 fully saturated rings. The minimum absolute atomic E-state index is 0.169. The molecule has 2 aromatic carbocycles. The van der Waals surface area contributed by atoms with Crippen molar-refractivity contribution in [3.8, 4) is 5.75 Å². The van der Waals surface area contributed by atoms with Gasteiger partial charge in [0.25, 0.3) is 5.91 Å². The van der Waals surface area contributed by atoms with Crippen LogP contribution in [-0.4, -0.2) is 33.0 Å². The third kappa shape index (κ3) is 6.10. The number of anilines is 2. The van der Waals surface area contributed by atoms with E-state index in [2.05, 4.69) is 24.5 Å². The summed E-state index contributed by atoms with van der Waals surface area (Å²) in [7, 11) is 0. The minimum atomic E-state index is -0.413. The molecule has 1 atom stereocenters. The molecular formula is C28H35N5O2S. The molecule has 36 heavy (non-hydrogen) atoms. The highest BCUT2D eigenvalue weighted by atomic mass is 32.2. The van der Waals surface area contributed by atoms with E-state index in [0.717, 1.165) is 59.7 Å². The monoisotopic (exact) mass is 505 g/mol. The van der Waals surface area contributed by atoms with Crippen molar-refractivity contribution in [1.82, 2.24) is 14.8 Å². The number of nitrogens with one attached hydrogen (secondary N) is 2. The zero-order valence-electron chi connectivity index (χ0n) is 21.5. The lowest BCUT2D eigenvalue weighted by Crippen LogP contribution is -2.31. The summed E-state index contributed by atoms with van der Waals surface area (Å²) in [6.07, 6.45) is 4.39. The molecule has 190 valence electrons. The maximum absolute atomic E-state index is 13.6. The van der Waals surface area contributed by atoms with Crippen LogP contribution in [0, 0.1) is 6.92 Å². The maximum atomic E-state index is 13.6. The molecule has 0 saturated heterocycles. The van der Waals surface area contributed by atoms with E-state index >= 15 is 0 Å². The van der Waals surface area contributed by atoms with Crippen molar-refractivity contribution < 1.29 is 9.53 Å². The molecule has 1 unspecified atom stereocenters. The summed E-state index contributed by atoms with van der Waals surface area (Å²) in [5.41, 5.74) is 4.21. The molecule has 0 radical (unpaired) electrons. The van der Waals surface area contributed by atoms with Gasteiger partial charge in [-0.2, -0.15) is 4.98 Å². The Balaban J connectivity index is 1.65. The predicted octanol–water partition coefficient (Wildman–Crippen LogP) is 6.59. The lowest BCUT2D eigenvalue weighted by Gasteiger charge is -2.28. The van der Waals surface area contributed by atoms with Crippen molar-refractivity contribution in [2.75, 3.05) is 23.0 Å². The second kappa shape index (κ2) is 12.1. The van der Waals surface area contributed by atoms with Gasteiger partial charge in [0.2, 0.25) is 11.1 Å². The van der Waals surface area contributed by atoms with Gasteiger partial charge < -0.3 is 15.4 Å². The molecule has 0 saturated carbocycles. The molecule has 2 N–H and O–H groups in total. The number of thioether (sulfide) groups is 1. The number of carbonyl (C=O) groups is 1. The van der Waals surface area contributed by atoms with Crippen LogP contribution >= 0.6 is 11.8 Å². The quantitative estimate of drug-likeness (QED) is 0.226. The number of nitrogens with zero attached hydrogens (tertiary/aromatic N) is 3. The molecule has 1 amide bonds. The van der Waals surface area contributed by atoms with Gasteiger partial charge in [0.1, 0.15) is 11.8 Å². The Morgan fingerprint density at radius 3 is 2.50 bits per heavy atom. The maximum Gasteiger partial charge on any atom is 0.255 e. The van der Waals surface area contributed by atoms with E-state index in [1.807, 2.05) is 67.1 Å². The number of aromatic nitrogens is 3. The number of fused-ring (bicyclic) bond motifs is 1. The fraction of sp³-hybridized carbons (Fsp3) is 0.393. The average molecular weight is 506 g/mol. The molecular weight excluding hydrogens is 470 g/mol. The second-order valence-corrected chi connectivity index (χ2v) is 10.1. The van der Waals surface area contributed by atoms with Gasteiger partial charge in [0.05, 0.1) is 12.2 Å². The highest BCUT2D eigenvalue weighted by molar-refractivity contribution is 7.99. The van der Waals surface area contributed by atoms with Gasteiger partial charge in [-0.05, 0) is 56.5 Å². The van der Waals surface area contributed by atoms with E-state index in [1.54, 1.807) is 11.8 Å². The van der Waals surface area contributed by atoms with Crippen LogP contribution in [0.5, 0.6) is 5.75 Å². The lowest BCUT2D eigenvalue weighted by molar-refractivity contribution is -0.113.